The first-order chi connectivity index (χ1) is 15.3. The zero-order chi connectivity index (χ0) is 22.5. The summed E-state index contributed by atoms with van der Waals surface area (Å²) in [6, 6.07) is 17.8. The van der Waals surface area contributed by atoms with E-state index in [4.69, 9.17) is 4.74 Å². The van der Waals surface area contributed by atoms with Crippen LogP contribution in [0.3, 0.4) is 0 Å². The van der Waals surface area contributed by atoms with Crippen molar-refractivity contribution in [2.24, 2.45) is 0 Å². The maximum absolute atomic E-state index is 13.1. The van der Waals surface area contributed by atoms with E-state index < -0.39 is 5.60 Å². The highest BCUT2D eigenvalue weighted by atomic mass is 16.5. The lowest BCUT2D eigenvalue weighted by Crippen LogP contribution is -2.50. The first-order valence-corrected chi connectivity index (χ1v) is 11.0. The van der Waals surface area contributed by atoms with Gasteiger partial charge < -0.3 is 9.64 Å². The molecule has 0 N–H and O–H groups in total. The van der Waals surface area contributed by atoms with Crippen molar-refractivity contribution in [1.29, 1.82) is 5.26 Å². The molecule has 1 fully saturated rings. The second-order valence-electron chi connectivity index (χ2n) is 9.59. The highest BCUT2D eigenvalue weighted by Crippen LogP contribution is 2.45. The average Bonchev–Trinajstić information content (AvgIpc) is 3.24. The van der Waals surface area contributed by atoms with Crippen molar-refractivity contribution in [2.75, 3.05) is 13.1 Å². The van der Waals surface area contributed by atoms with E-state index in [-0.39, 0.29) is 11.3 Å². The summed E-state index contributed by atoms with van der Waals surface area (Å²) in [5.74, 6) is 0.770. The molecule has 162 valence electrons. The van der Waals surface area contributed by atoms with Crippen molar-refractivity contribution in [3.05, 3.63) is 77.4 Å². The van der Waals surface area contributed by atoms with Gasteiger partial charge in [0.2, 0.25) is 0 Å². The van der Waals surface area contributed by atoms with Crippen molar-refractivity contribution < 1.29 is 9.53 Å². The Kier molecular flexibility index (Phi) is 4.59. The van der Waals surface area contributed by atoms with Gasteiger partial charge in [0.1, 0.15) is 17.5 Å². The SMILES string of the molecule is CC(C)(C)c1ccc(C(=O)N2CCC3(CC2)Oc2ccccc2-n2c(C#N)ccc23)cn1. The highest BCUT2D eigenvalue weighted by molar-refractivity contribution is 5.94. The minimum absolute atomic E-state index is 0.00267. The number of carbonyl (C=O) groups excluding carboxylic acids is 1. The summed E-state index contributed by atoms with van der Waals surface area (Å²) in [5.41, 5.74) is 3.45. The molecule has 6 heteroatoms. The number of hydrogen-bond acceptors (Lipinski definition) is 4. The van der Waals surface area contributed by atoms with E-state index in [0.29, 0.717) is 37.2 Å². The minimum atomic E-state index is -0.547. The number of piperidine rings is 1. The first-order valence-electron chi connectivity index (χ1n) is 11.0. The maximum Gasteiger partial charge on any atom is 0.255 e. The number of benzene rings is 1. The maximum atomic E-state index is 13.1. The fraction of sp³-hybridized carbons (Fsp3) is 0.346. The molecule has 0 atom stereocenters. The van der Waals surface area contributed by atoms with Crippen molar-refractivity contribution >= 4 is 5.91 Å². The van der Waals surface area contributed by atoms with Crippen LogP contribution in [-0.4, -0.2) is 33.4 Å². The van der Waals surface area contributed by atoms with Crippen molar-refractivity contribution in [3.63, 3.8) is 0 Å². The molecular weight excluding hydrogens is 400 g/mol. The Morgan fingerprint density at radius 2 is 1.84 bits per heavy atom. The molecule has 0 unspecified atom stereocenters. The van der Waals surface area contributed by atoms with Crippen LogP contribution in [0, 0.1) is 11.3 Å². The van der Waals surface area contributed by atoms with Crippen LogP contribution in [-0.2, 0) is 11.0 Å². The number of nitrogens with zero attached hydrogens (tertiary/aromatic N) is 4. The molecule has 3 aromatic rings. The quantitative estimate of drug-likeness (QED) is 0.572. The molecule has 1 saturated heterocycles. The third-order valence-electron chi connectivity index (χ3n) is 6.51. The molecule has 2 aromatic heterocycles. The van der Waals surface area contributed by atoms with Crippen molar-refractivity contribution in [1.82, 2.24) is 14.5 Å². The lowest BCUT2D eigenvalue weighted by molar-refractivity contribution is -0.00938. The number of nitriles is 1. The Hall–Kier alpha value is -3.59. The summed E-state index contributed by atoms with van der Waals surface area (Å²) in [7, 11) is 0. The molecule has 0 saturated carbocycles. The number of para-hydroxylation sites is 2. The van der Waals surface area contributed by atoms with Gasteiger partial charge in [-0.1, -0.05) is 32.9 Å². The van der Waals surface area contributed by atoms with Gasteiger partial charge in [0.15, 0.2) is 5.60 Å². The highest BCUT2D eigenvalue weighted by Gasteiger charge is 2.45. The van der Waals surface area contributed by atoms with Crippen LogP contribution in [0.15, 0.2) is 54.7 Å². The van der Waals surface area contributed by atoms with E-state index in [0.717, 1.165) is 22.8 Å². The monoisotopic (exact) mass is 426 g/mol. The Morgan fingerprint density at radius 3 is 2.50 bits per heavy atom. The van der Waals surface area contributed by atoms with E-state index in [1.165, 1.54) is 0 Å². The normalized spacial score (nSPS) is 16.6. The van der Waals surface area contributed by atoms with Crippen LogP contribution in [0.4, 0.5) is 0 Å². The first kappa shape index (κ1) is 20.3. The van der Waals surface area contributed by atoms with Gasteiger partial charge in [0.25, 0.3) is 5.91 Å². The van der Waals surface area contributed by atoms with E-state index >= 15 is 0 Å². The molecule has 0 radical (unpaired) electrons. The van der Waals surface area contributed by atoms with Gasteiger partial charge in [-0.2, -0.15) is 5.26 Å². The Morgan fingerprint density at radius 1 is 1.09 bits per heavy atom. The summed E-state index contributed by atoms with van der Waals surface area (Å²) < 4.78 is 8.56. The average molecular weight is 427 g/mol. The zero-order valence-corrected chi connectivity index (χ0v) is 18.6. The summed E-state index contributed by atoms with van der Waals surface area (Å²) in [4.78, 5) is 19.5. The molecule has 1 aromatic carbocycles. The number of aromatic nitrogens is 2. The van der Waals surface area contributed by atoms with Crippen molar-refractivity contribution in [3.8, 4) is 17.5 Å². The Balaban J connectivity index is 1.39. The van der Waals surface area contributed by atoms with Gasteiger partial charge in [0, 0.05) is 43.2 Å². The summed E-state index contributed by atoms with van der Waals surface area (Å²) in [5, 5.41) is 9.63. The molecule has 2 aliphatic heterocycles. The van der Waals surface area contributed by atoms with Crippen LogP contribution in [0.25, 0.3) is 5.69 Å². The van der Waals surface area contributed by atoms with E-state index in [1.807, 2.05) is 58.0 Å². The third kappa shape index (κ3) is 3.16. The molecule has 1 spiro atoms. The molecule has 6 nitrogen and oxygen atoms in total. The van der Waals surface area contributed by atoms with Crippen LogP contribution >= 0.6 is 0 Å². The smallest absolute Gasteiger partial charge is 0.255 e. The zero-order valence-electron chi connectivity index (χ0n) is 18.6. The minimum Gasteiger partial charge on any atom is -0.479 e. The lowest BCUT2D eigenvalue weighted by atomic mass is 9.86. The predicted octanol–water partition coefficient (Wildman–Crippen LogP) is 4.57. The van der Waals surface area contributed by atoms with Gasteiger partial charge in [0.05, 0.1) is 16.9 Å². The summed E-state index contributed by atoms with van der Waals surface area (Å²) in [6.45, 7) is 7.48. The fourth-order valence-electron chi connectivity index (χ4n) is 4.71. The van der Waals surface area contributed by atoms with Gasteiger partial charge in [-0.15, -0.1) is 0 Å². The second-order valence-corrected chi connectivity index (χ2v) is 9.59. The van der Waals surface area contributed by atoms with Crippen molar-refractivity contribution in [2.45, 2.75) is 44.6 Å². The van der Waals surface area contributed by atoms with Crippen LogP contribution in [0.1, 0.15) is 61.1 Å². The third-order valence-corrected chi connectivity index (χ3v) is 6.51. The number of fused-ring (bicyclic) bond motifs is 4. The standard InChI is InChI=1S/C26H26N4O2/c1-25(2,3)22-10-8-18(17-28-22)24(31)29-14-12-26(13-15-29)23-11-9-19(16-27)30(23)20-6-4-5-7-21(20)32-26/h4-11,17H,12-15H2,1-3H3. The Bertz CT molecular complexity index is 1220. The summed E-state index contributed by atoms with van der Waals surface area (Å²) in [6.07, 6.45) is 3.01. The molecule has 4 heterocycles. The van der Waals surface area contributed by atoms with Gasteiger partial charge in [-0.25, -0.2) is 0 Å². The van der Waals surface area contributed by atoms with Gasteiger partial charge >= 0.3 is 0 Å². The predicted molar refractivity (Wildman–Crippen MR) is 121 cm³/mol. The van der Waals surface area contributed by atoms with Gasteiger partial charge in [-0.3, -0.25) is 14.3 Å². The van der Waals surface area contributed by atoms with Crippen LogP contribution < -0.4 is 4.74 Å². The summed E-state index contributed by atoms with van der Waals surface area (Å²) >= 11 is 0. The van der Waals surface area contributed by atoms with Gasteiger partial charge in [-0.05, 0) is 36.4 Å². The number of ether oxygens (including phenoxy) is 1. The molecule has 32 heavy (non-hydrogen) atoms. The molecule has 5 rings (SSSR count). The number of rotatable bonds is 1. The lowest BCUT2D eigenvalue weighted by Gasteiger charge is -2.45. The van der Waals surface area contributed by atoms with Crippen LogP contribution in [0.2, 0.25) is 0 Å². The second kappa shape index (κ2) is 7.23. The van der Waals surface area contributed by atoms with E-state index in [2.05, 4.69) is 31.8 Å². The molecule has 1 amide bonds. The Labute approximate surface area is 188 Å². The molecular formula is C26H26N4O2. The fourth-order valence-corrected chi connectivity index (χ4v) is 4.71. The molecule has 0 aliphatic carbocycles. The number of amides is 1. The number of hydrogen-bond donors (Lipinski definition) is 0. The van der Waals surface area contributed by atoms with Crippen LogP contribution in [0.5, 0.6) is 5.75 Å². The molecule has 0 bridgehead atoms. The number of likely N-dealkylation sites (tertiary alicyclic amines) is 1. The van der Waals surface area contributed by atoms with E-state index in [1.54, 1.807) is 6.20 Å². The largest absolute Gasteiger partial charge is 0.479 e. The van der Waals surface area contributed by atoms with E-state index in [9.17, 15) is 10.1 Å². The number of pyridine rings is 1. The molecule has 2 aliphatic rings. The number of carbonyl (C=O) groups is 1. The topological polar surface area (TPSA) is 71.2 Å².